The summed E-state index contributed by atoms with van der Waals surface area (Å²) >= 11 is 0. The van der Waals surface area contributed by atoms with Gasteiger partial charge < -0.3 is 14.2 Å². The highest BCUT2D eigenvalue weighted by atomic mass is 16.7. The molecule has 1 aromatic carbocycles. The summed E-state index contributed by atoms with van der Waals surface area (Å²) in [5, 5.41) is 0. The van der Waals surface area contributed by atoms with Gasteiger partial charge in [-0.3, -0.25) is 0 Å². The van der Waals surface area contributed by atoms with E-state index in [1.54, 1.807) is 19.2 Å². The van der Waals surface area contributed by atoms with E-state index in [2.05, 4.69) is 0 Å². The Kier molecular flexibility index (Phi) is 6.53. The first-order valence-corrected chi connectivity index (χ1v) is 6.48. The number of benzene rings is 1. The second kappa shape index (κ2) is 7.92. The molecule has 0 N–H and O–H groups in total. The van der Waals surface area contributed by atoms with Crippen molar-refractivity contribution < 1.29 is 19.0 Å². The number of hydrogen-bond acceptors (Lipinski definition) is 4. The Morgan fingerprint density at radius 1 is 1.26 bits per heavy atom. The van der Waals surface area contributed by atoms with E-state index >= 15 is 0 Å². The third-order valence-corrected chi connectivity index (χ3v) is 2.86. The third kappa shape index (κ3) is 5.41. The van der Waals surface area contributed by atoms with E-state index in [9.17, 15) is 4.79 Å². The number of ether oxygens (including phenoxy) is 3. The number of carbonyl (C=O) groups is 1. The van der Waals surface area contributed by atoms with Gasteiger partial charge in [-0.15, -0.1) is 0 Å². The van der Waals surface area contributed by atoms with Crippen LogP contribution in [0, 0.1) is 6.92 Å². The molecule has 4 nitrogen and oxygen atoms in total. The number of methoxy groups -OCH3 is 1. The molecule has 106 valence electrons. The summed E-state index contributed by atoms with van der Waals surface area (Å²) in [7, 11) is 1.58. The van der Waals surface area contributed by atoms with Crippen LogP contribution in [0.15, 0.2) is 24.3 Å². The van der Waals surface area contributed by atoms with E-state index < -0.39 is 0 Å². The van der Waals surface area contributed by atoms with Gasteiger partial charge in [0.05, 0.1) is 11.7 Å². The van der Waals surface area contributed by atoms with Crippen LogP contribution in [0.1, 0.15) is 36.2 Å². The summed E-state index contributed by atoms with van der Waals surface area (Å²) in [6.07, 6.45) is 0.307. The summed E-state index contributed by atoms with van der Waals surface area (Å²) in [5.41, 5.74) is 1.67. The molecule has 0 bridgehead atoms. The predicted octanol–water partition coefficient (Wildman–Crippen LogP) is 2.94. The third-order valence-electron chi connectivity index (χ3n) is 2.86. The minimum absolute atomic E-state index is 0.149. The molecule has 0 amide bonds. The molecule has 1 aromatic rings. The Labute approximate surface area is 114 Å². The van der Waals surface area contributed by atoms with Crippen molar-refractivity contribution in [2.75, 3.05) is 13.7 Å². The standard InChI is InChI=1S/C15H22O4/c1-5-14(19-12(3)17-4)10-18-15(16)13-8-6-11(2)7-9-13/h6-9,12,14H,5,10H2,1-4H3. The van der Waals surface area contributed by atoms with Crippen LogP contribution in [0.4, 0.5) is 0 Å². The molecule has 0 radical (unpaired) electrons. The predicted molar refractivity (Wildman–Crippen MR) is 73.1 cm³/mol. The van der Waals surface area contributed by atoms with Crippen molar-refractivity contribution >= 4 is 5.97 Å². The minimum atomic E-state index is -0.327. The van der Waals surface area contributed by atoms with Crippen molar-refractivity contribution in [3.8, 4) is 0 Å². The van der Waals surface area contributed by atoms with Crippen LogP contribution < -0.4 is 0 Å². The van der Waals surface area contributed by atoms with Gasteiger partial charge >= 0.3 is 5.97 Å². The molecule has 0 saturated carbocycles. The number of esters is 1. The molecule has 2 unspecified atom stereocenters. The average molecular weight is 266 g/mol. The highest BCUT2D eigenvalue weighted by molar-refractivity contribution is 5.89. The fourth-order valence-electron chi connectivity index (χ4n) is 1.52. The van der Waals surface area contributed by atoms with Gasteiger partial charge in [-0.05, 0) is 32.4 Å². The molecule has 4 heteroatoms. The largest absolute Gasteiger partial charge is 0.459 e. The fourth-order valence-corrected chi connectivity index (χ4v) is 1.52. The monoisotopic (exact) mass is 266 g/mol. The van der Waals surface area contributed by atoms with Crippen LogP contribution in [0.5, 0.6) is 0 Å². The molecule has 2 atom stereocenters. The lowest BCUT2D eigenvalue weighted by molar-refractivity contribution is -0.154. The maximum Gasteiger partial charge on any atom is 0.338 e. The molecule has 0 aliphatic rings. The van der Waals surface area contributed by atoms with Gasteiger partial charge in [0, 0.05) is 7.11 Å². The fraction of sp³-hybridized carbons (Fsp3) is 0.533. The highest BCUT2D eigenvalue weighted by Crippen LogP contribution is 2.08. The van der Waals surface area contributed by atoms with Crippen LogP contribution in [-0.4, -0.2) is 32.1 Å². The summed E-state index contributed by atoms with van der Waals surface area (Å²) in [4.78, 5) is 11.8. The van der Waals surface area contributed by atoms with Crippen molar-refractivity contribution in [1.82, 2.24) is 0 Å². The summed E-state index contributed by atoms with van der Waals surface area (Å²) in [5.74, 6) is -0.327. The SMILES string of the molecule is CCC(COC(=O)c1ccc(C)cc1)OC(C)OC. The zero-order valence-corrected chi connectivity index (χ0v) is 12.0. The topological polar surface area (TPSA) is 44.8 Å². The molecule has 0 aliphatic heterocycles. The zero-order valence-electron chi connectivity index (χ0n) is 12.0. The van der Waals surface area contributed by atoms with Crippen molar-refractivity contribution in [1.29, 1.82) is 0 Å². The number of carbonyl (C=O) groups excluding carboxylic acids is 1. The number of aryl methyl sites for hydroxylation is 1. The number of hydrogen-bond donors (Lipinski definition) is 0. The van der Waals surface area contributed by atoms with Crippen LogP contribution >= 0.6 is 0 Å². The molecule has 19 heavy (non-hydrogen) atoms. The first-order chi connectivity index (χ1) is 9.06. The Hall–Kier alpha value is -1.39. The van der Waals surface area contributed by atoms with Crippen molar-refractivity contribution in [2.24, 2.45) is 0 Å². The van der Waals surface area contributed by atoms with E-state index in [-0.39, 0.29) is 25.0 Å². The lowest BCUT2D eigenvalue weighted by atomic mass is 10.1. The minimum Gasteiger partial charge on any atom is -0.459 e. The van der Waals surface area contributed by atoms with E-state index in [1.807, 2.05) is 32.9 Å². The molecule has 0 aromatic heterocycles. The Bertz CT molecular complexity index is 386. The van der Waals surface area contributed by atoms with E-state index in [0.29, 0.717) is 5.56 Å². The van der Waals surface area contributed by atoms with Crippen molar-refractivity contribution in [3.05, 3.63) is 35.4 Å². The first kappa shape index (κ1) is 15.7. The van der Waals surface area contributed by atoms with Gasteiger partial charge in [0.2, 0.25) is 0 Å². The van der Waals surface area contributed by atoms with Gasteiger partial charge in [0.25, 0.3) is 0 Å². The first-order valence-electron chi connectivity index (χ1n) is 6.48. The quantitative estimate of drug-likeness (QED) is 0.562. The Balaban J connectivity index is 2.46. The van der Waals surface area contributed by atoms with Gasteiger partial charge in [-0.1, -0.05) is 24.6 Å². The molecular weight excluding hydrogens is 244 g/mol. The van der Waals surface area contributed by atoms with Crippen LogP contribution in [0.2, 0.25) is 0 Å². The summed E-state index contributed by atoms with van der Waals surface area (Å²) in [6.45, 7) is 6.00. The maximum absolute atomic E-state index is 11.8. The van der Waals surface area contributed by atoms with E-state index in [1.165, 1.54) is 0 Å². The summed E-state index contributed by atoms with van der Waals surface area (Å²) in [6, 6.07) is 7.29. The van der Waals surface area contributed by atoms with Crippen molar-refractivity contribution in [2.45, 2.75) is 39.6 Å². The van der Waals surface area contributed by atoms with Gasteiger partial charge in [0.15, 0.2) is 6.29 Å². The molecule has 0 aliphatic carbocycles. The molecule has 0 spiro atoms. The zero-order chi connectivity index (χ0) is 14.3. The van der Waals surface area contributed by atoms with E-state index in [0.717, 1.165) is 12.0 Å². The van der Waals surface area contributed by atoms with Gasteiger partial charge in [-0.2, -0.15) is 0 Å². The molecule has 1 rings (SSSR count). The van der Waals surface area contributed by atoms with E-state index in [4.69, 9.17) is 14.2 Å². The number of rotatable bonds is 7. The normalized spacial score (nSPS) is 13.9. The smallest absolute Gasteiger partial charge is 0.338 e. The Morgan fingerprint density at radius 3 is 2.42 bits per heavy atom. The molecule has 0 heterocycles. The van der Waals surface area contributed by atoms with Gasteiger partial charge in [-0.25, -0.2) is 4.79 Å². The second-order valence-electron chi connectivity index (χ2n) is 4.43. The highest BCUT2D eigenvalue weighted by Gasteiger charge is 2.14. The van der Waals surface area contributed by atoms with Crippen LogP contribution in [0.25, 0.3) is 0 Å². The summed E-state index contributed by atoms with van der Waals surface area (Å²) < 4.78 is 15.8. The average Bonchev–Trinajstić information content (AvgIpc) is 2.43. The molecule has 0 saturated heterocycles. The van der Waals surface area contributed by atoms with Crippen molar-refractivity contribution in [3.63, 3.8) is 0 Å². The lowest BCUT2D eigenvalue weighted by Crippen LogP contribution is -2.26. The van der Waals surface area contributed by atoms with Crippen LogP contribution in [0.3, 0.4) is 0 Å². The lowest BCUT2D eigenvalue weighted by Gasteiger charge is -2.20. The maximum atomic E-state index is 11.8. The van der Waals surface area contributed by atoms with Gasteiger partial charge in [0.1, 0.15) is 6.61 Å². The molecule has 0 fully saturated rings. The second-order valence-corrected chi connectivity index (χ2v) is 4.43. The molecular formula is C15H22O4. The van der Waals surface area contributed by atoms with Crippen LogP contribution in [-0.2, 0) is 14.2 Å². The Morgan fingerprint density at radius 2 is 1.89 bits per heavy atom.